The van der Waals surface area contributed by atoms with Crippen LogP contribution in [-0.4, -0.2) is 12.5 Å². The Labute approximate surface area is 115 Å². The summed E-state index contributed by atoms with van der Waals surface area (Å²) in [7, 11) is 0. The molecule has 104 valence electrons. The minimum Gasteiger partial charge on any atom is -0.481 e. The predicted molar refractivity (Wildman–Crippen MR) is 71.7 cm³/mol. The van der Waals surface area contributed by atoms with Gasteiger partial charge < -0.3 is 10.1 Å². The largest absolute Gasteiger partial charge is 0.481 e. The molecule has 0 radical (unpaired) electrons. The minimum atomic E-state index is -0.840. The number of carbonyl (C=O) groups is 1. The third-order valence-corrected chi connectivity index (χ3v) is 2.59. The van der Waals surface area contributed by atoms with E-state index in [1.165, 1.54) is 0 Å². The lowest BCUT2D eigenvalue weighted by Crippen LogP contribution is -2.20. The Balaban J connectivity index is 1.90. The number of nitrogens with one attached hydrogen (secondary N) is 1. The zero-order valence-corrected chi connectivity index (χ0v) is 10.8. The van der Waals surface area contributed by atoms with Crippen LogP contribution in [0.2, 0.25) is 0 Å². The van der Waals surface area contributed by atoms with Crippen LogP contribution in [0.15, 0.2) is 42.5 Å². The van der Waals surface area contributed by atoms with Crippen molar-refractivity contribution in [2.75, 3.05) is 11.9 Å². The molecule has 0 spiro atoms. The zero-order valence-electron chi connectivity index (χ0n) is 10.8. The quantitative estimate of drug-likeness (QED) is 0.931. The summed E-state index contributed by atoms with van der Waals surface area (Å²) in [6, 6.07) is 10.1. The highest BCUT2D eigenvalue weighted by atomic mass is 19.1. The summed E-state index contributed by atoms with van der Waals surface area (Å²) < 4.78 is 31.0. The van der Waals surface area contributed by atoms with Crippen molar-refractivity contribution >= 4 is 11.6 Å². The van der Waals surface area contributed by atoms with Gasteiger partial charge >= 0.3 is 0 Å². The van der Waals surface area contributed by atoms with E-state index in [2.05, 4.69) is 5.32 Å². The molecule has 1 N–H and O–H groups in total. The van der Waals surface area contributed by atoms with Crippen molar-refractivity contribution in [3.63, 3.8) is 0 Å². The van der Waals surface area contributed by atoms with E-state index in [0.717, 1.165) is 17.7 Å². The topological polar surface area (TPSA) is 38.3 Å². The van der Waals surface area contributed by atoms with Crippen molar-refractivity contribution in [2.24, 2.45) is 0 Å². The first kappa shape index (κ1) is 14.0. The second kappa shape index (κ2) is 6.14. The van der Waals surface area contributed by atoms with Crippen LogP contribution in [0.5, 0.6) is 5.75 Å². The Morgan fingerprint density at radius 1 is 1.15 bits per heavy atom. The Hall–Kier alpha value is -2.43. The molecule has 3 nitrogen and oxygen atoms in total. The normalized spacial score (nSPS) is 10.2. The van der Waals surface area contributed by atoms with Crippen molar-refractivity contribution in [2.45, 2.75) is 6.92 Å². The SMILES string of the molecule is Cc1ccc(NC(=O)COc2ccc(F)cc2F)cc1. The van der Waals surface area contributed by atoms with Crippen LogP contribution in [-0.2, 0) is 4.79 Å². The highest BCUT2D eigenvalue weighted by Gasteiger charge is 2.08. The first-order chi connectivity index (χ1) is 9.54. The van der Waals surface area contributed by atoms with Gasteiger partial charge in [-0.1, -0.05) is 17.7 Å². The van der Waals surface area contributed by atoms with Crippen LogP contribution < -0.4 is 10.1 Å². The van der Waals surface area contributed by atoms with Gasteiger partial charge in [0.15, 0.2) is 18.2 Å². The number of aryl methyl sites for hydroxylation is 1. The molecule has 0 bridgehead atoms. The second-order valence-corrected chi connectivity index (χ2v) is 4.28. The van der Waals surface area contributed by atoms with Crippen molar-refractivity contribution < 1.29 is 18.3 Å². The van der Waals surface area contributed by atoms with Crippen LogP contribution in [0.1, 0.15) is 5.56 Å². The molecule has 0 atom stereocenters. The van der Waals surface area contributed by atoms with Gasteiger partial charge in [-0.15, -0.1) is 0 Å². The number of halogens is 2. The van der Waals surface area contributed by atoms with E-state index >= 15 is 0 Å². The fourth-order valence-corrected chi connectivity index (χ4v) is 1.57. The second-order valence-electron chi connectivity index (χ2n) is 4.28. The molecule has 0 aliphatic carbocycles. The lowest BCUT2D eigenvalue weighted by molar-refractivity contribution is -0.118. The van der Waals surface area contributed by atoms with Crippen molar-refractivity contribution in [3.8, 4) is 5.75 Å². The number of rotatable bonds is 4. The number of carbonyl (C=O) groups excluding carboxylic acids is 1. The van der Waals surface area contributed by atoms with E-state index in [-0.39, 0.29) is 12.4 Å². The van der Waals surface area contributed by atoms with Crippen LogP contribution in [0.25, 0.3) is 0 Å². The van der Waals surface area contributed by atoms with Crippen LogP contribution in [0.3, 0.4) is 0 Å². The average molecular weight is 277 g/mol. The highest BCUT2D eigenvalue weighted by molar-refractivity contribution is 5.91. The molecule has 0 aromatic heterocycles. The van der Waals surface area contributed by atoms with E-state index < -0.39 is 17.5 Å². The molecule has 2 aromatic rings. The molecule has 1 amide bonds. The van der Waals surface area contributed by atoms with Gasteiger partial charge in [0.05, 0.1) is 0 Å². The lowest BCUT2D eigenvalue weighted by atomic mass is 10.2. The van der Waals surface area contributed by atoms with E-state index in [0.29, 0.717) is 11.8 Å². The van der Waals surface area contributed by atoms with Gasteiger partial charge in [0.2, 0.25) is 0 Å². The Morgan fingerprint density at radius 3 is 2.50 bits per heavy atom. The number of amides is 1. The first-order valence-electron chi connectivity index (χ1n) is 5.99. The molecule has 2 aromatic carbocycles. The summed E-state index contributed by atoms with van der Waals surface area (Å²) in [5, 5.41) is 2.61. The minimum absolute atomic E-state index is 0.162. The summed E-state index contributed by atoms with van der Waals surface area (Å²) >= 11 is 0. The first-order valence-corrected chi connectivity index (χ1v) is 5.99. The molecule has 0 fully saturated rings. The molecule has 0 aliphatic heterocycles. The lowest BCUT2D eigenvalue weighted by Gasteiger charge is -2.08. The van der Waals surface area contributed by atoms with Gasteiger partial charge in [-0.05, 0) is 31.2 Å². The number of hydrogen-bond acceptors (Lipinski definition) is 2. The predicted octanol–water partition coefficient (Wildman–Crippen LogP) is 3.29. The number of hydrogen-bond donors (Lipinski definition) is 1. The molecule has 0 saturated heterocycles. The smallest absolute Gasteiger partial charge is 0.262 e. The average Bonchev–Trinajstić information content (AvgIpc) is 2.40. The van der Waals surface area contributed by atoms with Crippen LogP contribution in [0, 0.1) is 18.6 Å². The van der Waals surface area contributed by atoms with Crippen LogP contribution in [0.4, 0.5) is 14.5 Å². The molecule has 0 aliphatic rings. The summed E-state index contributed by atoms with van der Waals surface area (Å²) in [6.07, 6.45) is 0. The Morgan fingerprint density at radius 2 is 1.85 bits per heavy atom. The zero-order chi connectivity index (χ0) is 14.5. The van der Waals surface area contributed by atoms with E-state index in [4.69, 9.17) is 4.74 Å². The van der Waals surface area contributed by atoms with Crippen molar-refractivity contribution in [3.05, 3.63) is 59.7 Å². The molecule has 20 heavy (non-hydrogen) atoms. The number of ether oxygens (including phenoxy) is 1. The molecular formula is C15H13F2NO2. The number of anilines is 1. The standard InChI is InChI=1S/C15H13F2NO2/c1-10-2-5-12(6-3-10)18-15(19)9-20-14-7-4-11(16)8-13(14)17/h2-8H,9H2,1H3,(H,18,19). The van der Waals surface area contributed by atoms with Gasteiger partial charge in [0, 0.05) is 11.8 Å². The van der Waals surface area contributed by atoms with Gasteiger partial charge in [0.1, 0.15) is 5.82 Å². The molecular weight excluding hydrogens is 264 g/mol. The van der Waals surface area contributed by atoms with Gasteiger partial charge in [-0.2, -0.15) is 0 Å². The van der Waals surface area contributed by atoms with Crippen molar-refractivity contribution in [1.82, 2.24) is 0 Å². The highest BCUT2D eigenvalue weighted by Crippen LogP contribution is 2.17. The van der Waals surface area contributed by atoms with Crippen LogP contribution >= 0.6 is 0 Å². The summed E-state index contributed by atoms with van der Waals surface area (Å²) in [4.78, 5) is 11.6. The van der Waals surface area contributed by atoms with E-state index in [1.807, 2.05) is 19.1 Å². The Kier molecular flexibility index (Phi) is 4.30. The molecule has 2 rings (SSSR count). The maximum atomic E-state index is 13.3. The fourth-order valence-electron chi connectivity index (χ4n) is 1.57. The molecule has 0 unspecified atom stereocenters. The van der Waals surface area contributed by atoms with Gasteiger partial charge in [-0.25, -0.2) is 8.78 Å². The Bertz CT molecular complexity index is 612. The molecule has 5 heteroatoms. The monoisotopic (exact) mass is 277 g/mol. The van der Waals surface area contributed by atoms with E-state index in [1.54, 1.807) is 12.1 Å². The van der Waals surface area contributed by atoms with Gasteiger partial charge in [0.25, 0.3) is 5.91 Å². The summed E-state index contributed by atoms with van der Waals surface area (Å²) in [6.45, 7) is 1.59. The summed E-state index contributed by atoms with van der Waals surface area (Å²) in [5.41, 5.74) is 1.71. The maximum absolute atomic E-state index is 13.3. The maximum Gasteiger partial charge on any atom is 0.262 e. The third-order valence-electron chi connectivity index (χ3n) is 2.59. The third kappa shape index (κ3) is 3.78. The van der Waals surface area contributed by atoms with Crippen molar-refractivity contribution in [1.29, 1.82) is 0 Å². The fraction of sp³-hybridized carbons (Fsp3) is 0.133. The molecule has 0 saturated carbocycles. The van der Waals surface area contributed by atoms with Gasteiger partial charge in [-0.3, -0.25) is 4.79 Å². The number of benzene rings is 2. The van der Waals surface area contributed by atoms with E-state index in [9.17, 15) is 13.6 Å². The summed E-state index contributed by atoms with van der Waals surface area (Å²) in [5.74, 6) is -2.12. The molecule has 0 heterocycles.